The molecule has 8 aromatic rings. The molecule has 0 saturated carbocycles. The molecule has 8 rings (SSSR count). The summed E-state index contributed by atoms with van der Waals surface area (Å²) in [7, 11) is 0. The summed E-state index contributed by atoms with van der Waals surface area (Å²) >= 11 is 0. The molecule has 0 saturated heterocycles. The first-order valence-corrected chi connectivity index (χ1v) is 15.0. The minimum absolute atomic E-state index is 0.437. The first-order chi connectivity index (χ1) is 22.7. The summed E-state index contributed by atoms with van der Waals surface area (Å²) < 4.78 is 0. The zero-order chi connectivity index (χ0) is 31.0. The van der Waals surface area contributed by atoms with Crippen LogP contribution in [0, 0.1) is 22.7 Å². The SMILES string of the molecule is N#Cc1ccccc1-c1nc(-c2ccccc2C#N)c2cc(-c3cccc4ccccc34)cc(-c3cccc4ccccc34)c2n1. The Morgan fingerprint density at radius 2 is 0.935 bits per heavy atom. The third kappa shape index (κ3) is 4.46. The van der Waals surface area contributed by atoms with Gasteiger partial charge in [-0.15, -0.1) is 0 Å². The van der Waals surface area contributed by atoms with E-state index in [1.807, 2.05) is 48.5 Å². The van der Waals surface area contributed by atoms with Crippen LogP contribution in [0.15, 0.2) is 146 Å². The maximum atomic E-state index is 10.2. The highest BCUT2D eigenvalue weighted by atomic mass is 14.9. The van der Waals surface area contributed by atoms with Gasteiger partial charge in [-0.05, 0) is 68.6 Å². The van der Waals surface area contributed by atoms with Crippen LogP contribution in [-0.2, 0) is 0 Å². The van der Waals surface area contributed by atoms with Gasteiger partial charge in [0.15, 0.2) is 5.82 Å². The van der Waals surface area contributed by atoms with Gasteiger partial charge >= 0.3 is 0 Å². The van der Waals surface area contributed by atoms with Gasteiger partial charge in [0.1, 0.15) is 0 Å². The topological polar surface area (TPSA) is 73.4 Å². The Morgan fingerprint density at radius 3 is 1.63 bits per heavy atom. The van der Waals surface area contributed by atoms with Crippen molar-refractivity contribution in [2.24, 2.45) is 0 Å². The molecule has 7 aromatic carbocycles. The zero-order valence-electron chi connectivity index (χ0n) is 24.6. The Hall–Kier alpha value is -6.62. The van der Waals surface area contributed by atoms with Crippen molar-refractivity contribution in [1.29, 1.82) is 10.5 Å². The number of benzene rings is 7. The Morgan fingerprint density at radius 1 is 0.413 bits per heavy atom. The smallest absolute Gasteiger partial charge is 0.161 e. The molecule has 0 N–H and O–H groups in total. The summed E-state index contributed by atoms with van der Waals surface area (Å²) in [6.45, 7) is 0. The van der Waals surface area contributed by atoms with E-state index in [-0.39, 0.29) is 0 Å². The van der Waals surface area contributed by atoms with Gasteiger partial charge in [-0.1, -0.05) is 115 Å². The van der Waals surface area contributed by atoms with Crippen LogP contribution in [0.2, 0.25) is 0 Å². The predicted molar refractivity (Wildman–Crippen MR) is 186 cm³/mol. The molecule has 46 heavy (non-hydrogen) atoms. The van der Waals surface area contributed by atoms with Crippen LogP contribution < -0.4 is 0 Å². The lowest BCUT2D eigenvalue weighted by Crippen LogP contribution is -2.00. The molecule has 0 aliphatic rings. The molecule has 212 valence electrons. The monoisotopic (exact) mass is 584 g/mol. The van der Waals surface area contributed by atoms with E-state index in [0.29, 0.717) is 33.8 Å². The van der Waals surface area contributed by atoms with Crippen LogP contribution in [0.3, 0.4) is 0 Å². The van der Waals surface area contributed by atoms with E-state index in [2.05, 4.69) is 103 Å². The maximum absolute atomic E-state index is 10.2. The lowest BCUT2D eigenvalue weighted by Gasteiger charge is -2.17. The number of rotatable bonds is 4. The predicted octanol–water partition coefficient (Wildman–Crippen LogP) is 10.3. The molecule has 0 radical (unpaired) electrons. The summed E-state index contributed by atoms with van der Waals surface area (Å²) in [5.41, 5.74) is 7.88. The Labute approximate surface area is 266 Å². The highest BCUT2D eigenvalue weighted by Crippen LogP contribution is 2.42. The summed E-state index contributed by atoms with van der Waals surface area (Å²) in [6.07, 6.45) is 0. The molecule has 0 spiro atoms. The van der Waals surface area contributed by atoms with E-state index in [1.54, 1.807) is 6.07 Å². The first kappa shape index (κ1) is 27.0. The van der Waals surface area contributed by atoms with Gasteiger partial charge in [-0.3, -0.25) is 0 Å². The van der Waals surface area contributed by atoms with Crippen molar-refractivity contribution >= 4 is 32.4 Å². The molecule has 0 atom stereocenters. The van der Waals surface area contributed by atoms with Crippen molar-refractivity contribution < 1.29 is 0 Å². The minimum Gasteiger partial charge on any atom is -0.227 e. The van der Waals surface area contributed by atoms with Crippen LogP contribution >= 0.6 is 0 Å². The summed E-state index contributed by atoms with van der Waals surface area (Å²) in [4.78, 5) is 10.4. The van der Waals surface area contributed by atoms with E-state index >= 15 is 0 Å². The van der Waals surface area contributed by atoms with Gasteiger partial charge in [0.25, 0.3) is 0 Å². The quantitative estimate of drug-likeness (QED) is 0.206. The molecule has 0 fully saturated rings. The molecule has 0 amide bonds. The van der Waals surface area contributed by atoms with Crippen molar-refractivity contribution in [3.05, 3.63) is 157 Å². The second kappa shape index (κ2) is 11.1. The lowest BCUT2D eigenvalue weighted by atomic mass is 9.89. The second-order valence-electron chi connectivity index (χ2n) is 11.2. The molecule has 4 nitrogen and oxygen atoms in total. The van der Waals surface area contributed by atoms with Crippen molar-refractivity contribution in [1.82, 2.24) is 9.97 Å². The minimum atomic E-state index is 0.437. The molecule has 0 unspecified atom stereocenters. The Kier molecular flexibility index (Phi) is 6.53. The Balaban J connectivity index is 1.57. The van der Waals surface area contributed by atoms with Crippen LogP contribution in [0.5, 0.6) is 0 Å². The molecule has 4 heteroatoms. The fourth-order valence-electron chi connectivity index (χ4n) is 6.42. The standard InChI is InChI=1S/C42H24N4/c43-25-29-13-3-7-19-35(29)40-39-24-31(34-21-9-15-27-11-1-5-17-32(27)34)23-38(37-22-10-16-28-12-2-6-18-33(28)37)41(39)46-42(45-40)36-20-8-4-14-30(36)26-44/h1-24H. The number of aromatic nitrogens is 2. The summed E-state index contributed by atoms with van der Waals surface area (Å²) in [5, 5.41) is 25.6. The van der Waals surface area contributed by atoms with Crippen LogP contribution in [0.1, 0.15) is 11.1 Å². The third-order valence-electron chi connectivity index (χ3n) is 8.57. The summed E-state index contributed by atoms with van der Waals surface area (Å²) in [6, 6.07) is 53.4. The highest BCUT2D eigenvalue weighted by molar-refractivity contribution is 6.11. The zero-order valence-corrected chi connectivity index (χ0v) is 24.6. The van der Waals surface area contributed by atoms with Gasteiger partial charge in [0.2, 0.25) is 0 Å². The molecule has 1 heterocycles. The van der Waals surface area contributed by atoms with Gasteiger partial charge in [0.05, 0.1) is 34.5 Å². The molecular formula is C42H24N4. The number of hydrogen-bond donors (Lipinski definition) is 0. The van der Waals surface area contributed by atoms with Crippen LogP contribution in [-0.4, -0.2) is 9.97 Å². The largest absolute Gasteiger partial charge is 0.227 e. The van der Waals surface area contributed by atoms with E-state index in [4.69, 9.17) is 9.97 Å². The van der Waals surface area contributed by atoms with Gasteiger partial charge < -0.3 is 0 Å². The van der Waals surface area contributed by atoms with Gasteiger partial charge in [0, 0.05) is 22.1 Å². The normalized spacial score (nSPS) is 11.0. The number of nitriles is 2. The van der Waals surface area contributed by atoms with Crippen LogP contribution in [0.25, 0.3) is 77.3 Å². The average molecular weight is 585 g/mol. The second-order valence-corrected chi connectivity index (χ2v) is 11.2. The van der Waals surface area contributed by atoms with Crippen molar-refractivity contribution in [3.8, 4) is 57.0 Å². The third-order valence-corrected chi connectivity index (χ3v) is 8.57. The number of fused-ring (bicyclic) bond motifs is 3. The molecule has 0 bridgehead atoms. The summed E-state index contributed by atoms with van der Waals surface area (Å²) in [5.74, 6) is 0.437. The van der Waals surface area contributed by atoms with Crippen molar-refractivity contribution in [2.75, 3.05) is 0 Å². The van der Waals surface area contributed by atoms with E-state index in [9.17, 15) is 10.5 Å². The first-order valence-electron chi connectivity index (χ1n) is 15.0. The molecule has 0 aliphatic heterocycles. The average Bonchev–Trinajstić information content (AvgIpc) is 3.13. The number of hydrogen-bond acceptors (Lipinski definition) is 4. The Bertz CT molecular complexity index is 2560. The van der Waals surface area contributed by atoms with E-state index in [0.717, 1.165) is 54.7 Å². The van der Waals surface area contributed by atoms with Gasteiger partial charge in [-0.2, -0.15) is 10.5 Å². The van der Waals surface area contributed by atoms with Crippen molar-refractivity contribution in [3.63, 3.8) is 0 Å². The van der Waals surface area contributed by atoms with E-state index < -0.39 is 0 Å². The lowest BCUT2D eigenvalue weighted by molar-refractivity contribution is 1.22. The molecule has 0 aliphatic carbocycles. The maximum Gasteiger partial charge on any atom is 0.161 e. The fourth-order valence-corrected chi connectivity index (χ4v) is 6.42. The van der Waals surface area contributed by atoms with E-state index in [1.165, 1.54) is 0 Å². The molecular weight excluding hydrogens is 560 g/mol. The molecule has 1 aromatic heterocycles. The number of nitrogens with zero attached hydrogens (tertiary/aromatic N) is 4. The van der Waals surface area contributed by atoms with Crippen LogP contribution in [0.4, 0.5) is 0 Å². The van der Waals surface area contributed by atoms with Crippen molar-refractivity contribution in [2.45, 2.75) is 0 Å². The highest BCUT2D eigenvalue weighted by Gasteiger charge is 2.21. The van der Waals surface area contributed by atoms with Gasteiger partial charge in [-0.25, -0.2) is 9.97 Å². The fraction of sp³-hybridized carbons (Fsp3) is 0.